The molecule has 1 aromatic heterocycles. The zero-order valence-electron chi connectivity index (χ0n) is 8.75. The maximum Gasteiger partial charge on any atom is 0.417 e. The van der Waals surface area contributed by atoms with Crippen molar-refractivity contribution in [2.45, 2.75) is 12.7 Å². The van der Waals surface area contributed by atoms with Gasteiger partial charge in [0.1, 0.15) is 6.54 Å². The molecular weight excluding hydrogens is 241 g/mol. The van der Waals surface area contributed by atoms with Crippen molar-refractivity contribution in [3.63, 3.8) is 0 Å². The number of nitrogens with zero attached hydrogens (tertiary/aromatic N) is 1. The first-order chi connectivity index (χ1) is 7.84. The van der Waals surface area contributed by atoms with Crippen molar-refractivity contribution in [1.82, 2.24) is 10.0 Å². The molecular formula is C9H9F3N2O3. The van der Waals surface area contributed by atoms with Crippen LogP contribution in [0.1, 0.15) is 5.56 Å². The van der Waals surface area contributed by atoms with Crippen LogP contribution in [0, 0.1) is 0 Å². The van der Waals surface area contributed by atoms with Gasteiger partial charge in [0.15, 0.2) is 0 Å². The average Bonchev–Trinajstić information content (AvgIpc) is 2.20. The molecule has 0 saturated heterocycles. The second kappa shape index (κ2) is 5.00. The lowest BCUT2D eigenvalue weighted by atomic mass is 10.3. The van der Waals surface area contributed by atoms with E-state index in [2.05, 4.69) is 4.84 Å². The van der Waals surface area contributed by atoms with Gasteiger partial charge in [-0.05, 0) is 6.07 Å². The van der Waals surface area contributed by atoms with Crippen LogP contribution >= 0.6 is 0 Å². The summed E-state index contributed by atoms with van der Waals surface area (Å²) in [6.07, 6.45) is -3.98. The lowest BCUT2D eigenvalue weighted by molar-refractivity contribution is -0.138. The predicted octanol–water partition coefficient (Wildman–Crippen LogP) is 0.545. The van der Waals surface area contributed by atoms with E-state index in [1.165, 1.54) is 7.11 Å². The molecule has 0 bridgehead atoms. The van der Waals surface area contributed by atoms with Crippen molar-refractivity contribution in [2.75, 3.05) is 7.11 Å². The highest BCUT2D eigenvalue weighted by Crippen LogP contribution is 2.27. The minimum absolute atomic E-state index is 0.545. The Bertz CT molecular complexity index is 467. The molecule has 8 heteroatoms. The van der Waals surface area contributed by atoms with E-state index in [-0.39, 0.29) is 0 Å². The molecule has 0 aromatic carbocycles. The number of pyridine rings is 1. The summed E-state index contributed by atoms with van der Waals surface area (Å²) in [5.74, 6) is -0.728. The number of hydrogen-bond donors (Lipinski definition) is 1. The molecule has 0 unspecified atom stereocenters. The van der Waals surface area contributed by atoms with Crippen molar-refractivity contribution < 1.29 is 22.8 Å². The molecule has 1 aromatic rings. The fourth-order valence-corrected chi connectivity index (χ4v) is 1.12. The van der Waals surface area contributed by atoms with E-state index in [9.17, 15) is 22.8 Å². The second-order valence-electron chi connectivity index (χ2n) is 3.11. The van der Waals surface area contributed by atoms with Crippen LogP contribution in [0.5, 0.6) is 0 Å². The zero-order valence-corrected chi connectivity index (χ0v) is 8.75. The van der Waals surface area contributed by atoms with Crippen LogP contribution in [-0.2, 0) is 22.4 Å². The van der Waals surface area contributed by atoms with E-state index in [4.69, 9.17) is 0 Å². The normalized spacial score (nSPS) is 11.3. The first-order valence-corrected chi connectivity index (χ1v) is 4.44. The summed E-state index contributed by atoms with van der Waals surface area (Å²) in [7, 11) is 1.17. The molecule has 94 valence electrons. The minimum Gasteiger partial charge on any atom is -0.305 e. The van der Waals surface area contributed by atoms with Crippen molar-refractivity contribution in [1.29, 1.82) is 0 Å². The average molecular weight is 250 g/mol. The monoisotopic (exact) mass is 250 g/mol. The lowest BCUT2D eigenvalue weighted by Gasteiger charge is -2.10. The second-order valence-corrected chi connectivity index (χ2v) is 3.11. The van der Waals surface area contributed by atoms with Crippen molar-refractivity contribution in [3.8, 4) is 0 Å². The number of nitrogens with one attached hydrogen (secondary N) is 1. The van der Waals surface area contributed by atoms with Crippen LogP contribution in [0.15, 0.2) is 23.1 Å². The van der Waals surface area contributed by atoms with Gasteiger partial charge in [0.05, 0.1) is 12.7 Å². The number of aromatic nitrogens is 1. The highest BCUT2D eigenvalue weighted by Gasteiger charge is 2.31. The van der Waals surface area contributed by atoms with E-state index in [1.807, 2.05) is 5.48 Å². The molecule has 0 radical (unpaired) electrons. The number of hydrogen-bond acceptors (Lipinski definition) is 3. The Morgan fingerprint density at radius 2 is 2.12 bits per heavy atom. The molecule has 1 N–H and O–H groups in total. The number of rotatable bonds is 3. The fourth-order valence-electron chi connectivity index (χ4n) is 1.12. The van der Waals surface area contributed by atoms with Gasteiger partial charge < -0.3 is 4.57 Å². The fraction of sp³-hybridized carbons (Fsp3) is 0.333. The summed E-state index contributed by atoms with van der Waals surface area (Å²) in [6.45, 7) is -0.545. The quantitative estimate of drug-likeness (QED) is 0.797. The number of halogens is 3. The summed E-state index contributed by atoms with van der Waals surface area (Å²) in [5, 5.41) is 0. The summed E-state index contributed by atoms with van der Waals surface area (Å²) >= 11 is 0. The largest absolute Gasteiger partial charge is 0.417 e. The standard InChI is InChI=1S/C9H9F3N2O3/c1-17-13-7(15)5-14-4-6(9(10,11)12)2-3-8(14)16/h2-4H,5H2,1H3,(H,13,15). The van der Waals surface area contributed by atoms with Crippen LogP contribution in [0.2, 0.25) is 0 Å². The highest BCUT2D eigenvalue weighted by molar-refractivity contribution is 5.74. The minimum atomic E-state index is -4.56. The maximum atomic E-state index is 12.3. The Morgan fingerprint density at radius 3 is 2.65 bits per heavy atom. The van der Waals surface area contributed by atoms with E-state index < -0.39 is 29.8 Å². The van der Waals surface area contributed by atoms with Gasteiger partial charge in [-0.15, -0.1) is 0 Å². The Kier molecular flexibility index (Phi) is 3.89. The van der Waals surface area contributed by atoms with Crippen LogP contribution in [0.4, 0.5) is 13.2 Å². The van der Waals surface area contributed by atoms with Crippen molar-refractivity contribution in [2.24, 2.45) is 0 Å². The van der Waals surface area contributed by atoms with Crippen LogP contribution < -0.4 is 11.0 Å². The highest BCUT2D eigenvalue weighted by atomic mass is 19.4. The lowest BCUT2D eigenvalue weighted by Crippen LogP contribution is -2.31. The Hall–Kier alpha value is -1.83. The molecule has 1 amide bonds. The van der Waals surface area contributed by atoms with Gasteiger partial charge in [-0.2, -0.15) is 13.2 Å². The molecule has 1 heterocycles. The van der Waals surface area contributed by atoms with Gasteiger partial charge in [0.25, 0.3) is 11.5 Å². The molecule has 0 atom stereocenters. The molecule has 5 nitrogen and oxygen atoms in total. The van der Waals surface area contributed by atoms with E-state index >= 15 is 0 Å². The van der Waals surface area contributed by atoms with Crippen LogP contribution in [0.25, 0.3) is 0 Å². The smallest absolute Gasteiger partial charge is 0.305 e. The summed E-state index contributed by atoms with van der Waals surface area (Å²) < 4.78 is 37.7. The Labute approximate surface area is 93.8 Å². The molecule has 0 saturated carbocycles. The summed E-state index contributed by atoms with van der Waals surface area (Å²) in [5.41, 5.74) is 0.197. The summed E-state index contributed by atoms with van der Waals surface area (Å²) in [6, 6.07) is 1.41. The van der Waals surface area contributed by atoms with E-state index in [1.54, 1.807) is 0 Å². The number of carbonyl (C=O) groups excluding carboxylic acids is 1. The number of alkyl halides is 3. The van der Waals surface area contributed by atoms with Gasteiger partial charge in [-0.3, -0.25) is 14.4 Å². The Morgan fingerprint density at radius 1 is 1.47 bits per heavy atom. The van der Waals surface area contributed by atoms with Crippen LogP contribution in [0.3, 0.4) is 0 Å². The van der Waals surface area contributed by atoms with Crippen molar-refractivity contribution in [3.05, 3.63) is 34.2 Å². The molecule has 0 spiro atoms. The number of carbonyl (C=O) groups is 1. The van der Waals surface area contributed by atoms with E-state index in [0.29, 0.717) is 16.8 Å². The molecule has 1 rings (SSSR count). The predicted molar refractivity (Wildman–Crippen MR) is 50.9 cm³/mol. The molecule has 0 aliphatic rings. The molecule has 0 fully saturated rings. The zero-order chi connectivity index (χ0) is 13.1. The first kappa shape index (κ1) is 13.2. The summed E-state index contributed by atoms with van der Waals surface area (Å²) in [4.78, 5) is 26.5. The third-order valence-electron chi connectivity index (χ3n) is 1.84. The third-order valence-corrected chi connectivity index (χ3v) is 1.84. The molecule has 17 heavy (non-hydrogen) atoms. The van der Waals surface area contributed by atoms with Gasteiger partial charge in [-0.1, -0.05) is 0 Å². The maximum absolute atomic E-state index is 12.3. The number of amides is 1. The SMILES string of the molecule is CONC(=O)Cn1cc(C(F)(F)F)ccc1=O. The van der Waals surface area contributed by atoms with Gasteiger partial charge >= 0.3 is 6.18 Å². The first-order valence-electron chi connectivity index (χ1n) is 4.44. The molecule has 0 aliphatic carbocycles. The van der Waals surface area contributed by atoms with Gasteiger partial charge in [0.2, 0.25) is 0 Å². The topological polar surface area (TPSA) is 60.3 Å². The van der Waals surface area contributed by atoms with E-state index in [0.717, 1.165) is 6.07 Å². The Balaban J connectivity index is 2.99. The van der Waals surface area contributed by atoms with Crippen LogP contribution in [-0.4, -0.2) is 17.6 Å². The number of hydroxylamine groups is 1. The van der Waals surface area contributed by atoms with Crippen molar-refractivity contribution >= 4 is 5.91 Å². The van der Waals surface area contributed by atoms with Gasteiger partial charge in [0, 0.05) is 12.3 Å². The third kappa shape index (κ3) is 3.59. The van der Waals surface area contributed by atoms with Gasteiger partial charge in [-0.25, -0.2) is 5.48 Å². The molecule has 0 aliphatic heterocycles.